The molecule has 3 nitrogen and oxygen atoms in total. The van der Waals surface area contributed by atoms with E-state index in [4.69, 9.17) is 9.26 Å². The molecule has 0 aliphatic heterocycles. The molecule has 15 heavy (non-hydrogen) atoms. The molecule has 0 saturated carbocycles. The predicted octanol–water partition coefficient (Wildman–Crippen LogP) is 3.05. The number of aromatic nitrogens is 1. The van der Waals surface area contributed by atoms with Crippen LogP contribution in [0, 0.1) is 6.92 Å². The van der Waals surface area contributed by atoms with Crippen LogP contribution in [0.4, 0.5) is 0 Å². The average molecular weight is 203 g/mol. The van der Waals surface area contributed by atoms with Crippen LogP contribution in [0.5, 0.6) is 5.75 Å². The Bertz CT molecular complexity index is 431. The van der Waals surface area contributed by atoms with Gasteiger partial charge in [-0.05, 0) is 38.1 Å². The molecule has 0 atom stereocenters. The van der Waals surface area contributed by atoms with Crippen molar-refractivity contribution >= 4 is 0 Å². The van der Waals surface area contributed by atoms with Gasteiger partial charge in [-0.3, -0.25) is 0 Å². The number of aryl methyl sites for hydroxylation is 1. The van der Waals surface area contributed by atoms with Crippen molar-refractivity contribution in [3.8, 4) is 17.1 Å². The maximum absolute atomic E-state index is 5.36. The van der Waals surface area contributed by atoms with E-state index in [1.54, 1.807) is 0 Å². The highest BCUT2D eigenvalue weighted by Gasteiger charge is 2.03. The molecule has 0 amide bonds. The van der Waals surface area contributed by atoms with Crippen molar-refractivity contribution in [2.75, 3.05) is 6.61 Å². The minimum Gasteiger partial charge on any atom is -0.494 e. The fourth-order valence-electron chi connectivity index (χ4n) is 1.38. The summed E-state index contributed by atoms with van der Waals surface area (Å²) in [5.41, 5.74) is 1.90. The van der Waals surface area contributed by atoms with E-state index < -0.39 is 0 Å². The summed E-state index contributed by atoms with van der Waals surface area (Å²) in [7, 11) is 0. The van der Waals surface area contributed by atoms with Gasteiger partial charge in [0.2, 0.25) is 0 Å². The van der Waals surface area contributed by atoms with Gasteiger partial charge in [0, 0.05) is 11.6 Å². The number of ether oxygens (including phenoxy) is 1. The minimum absolute atomic E-state index is 0.681. The Labute approximate surface area is 88.7 Å². The summed E-state index contributed by atoms with van der Waals surface area (Å²) in [6.45, 7) is 4.55. The summed E-state index contributed by atoms with van der Waals surface area (Å²) < 4.78 is 10.5. The van der Waals surface area contributed by atoms with Gasteiger partial charge >= 0.3 is 0 Å². The highest BCUT2D eigenvalue weighted by Crippen LogP contribution is 2.22. The molecular weight excluding hydrogens is 190 g/mol. The van der Waals surface area contributed by atoms with Gasteiger partial charge in [0.25, 0.3) is 0 Å². The number of hydrogen-bond acceptors (Lipinski definition) is 3. The summed E-state index contributed by atoms with van der Waals surface area (Å²) in [4.78, 5) is 0. The van der Waals surface area contributed by atoms with Crippen LogP contribution in [0.1, 0.15) is 12.6 Å². The summed E-state index contributed by atoms with van der Waals surface area (Å²) in [6, 6.07) is 9.69. The quantitative estimate of drug-likeness (QED) is 0.769. The van der Waals surface area contributed by atoms with Gasteiger partial charge in [-0.1, -0.05) is 5.16 Å². The first-order chi connectivity index (χ1) is 7.29. The van der Waals surface area contributed by atoms with Crippen molar-refractivity contribution in [2.45, 2.75) is 13.8 Å². The molecule has 0 unspecified atom stereocenters. The molecule has 0 aliphatic rings. The van der Waals surface area contributed by atoms with Crippen LogP contribution >= 0.6 is 0 Å². The van der Waals surface area contributed by atoms with Gasteiger partial charge in [0.05, 0.1) is 12.3 Å². The molecule has 0 N–H and O–H groups in total. The van der Waals surface area contributed by atoms with Gasteiger partial charge in [0.15, 0.2) is 5.76 Å². The molecule has 0 bridgehead atoms. The summed E-state index contributed by atoms with van der Waals surface area (Å²) in [5.74, 6) is 1.66. The van der Waals surface area contributed by atoms with Gasteiger partial charge in [-0.25, -0.2) is 0 Å². The zero-order valence-electron chi connectivity index (χ0n) is 8.86. The van der Waals surface area contributed by atoms with Crippen molar-refractivity contribution < 1.29 is 9.26 Å². The molecule has 78 valence electrons. The van der Waals surface area contributed by atoms with Crippen molar-refractivity contribution in [1.29, 1.82) is 0 Å². The normalized spacial score (nSPS) is 10.3. The standard InChI is InChI=1S/C12H13NO2/c1-3-14-11-6-4-10(5-7-11)12-8-9(2)13-15-12/h4-8H,3H2,1-2H3. The lowest BCUT2D eigenvalue weighted by Gasteiger charge is -2.02. The first-order valence-electron chi connectivity index (χ1n) is 4.96. The zero-order valence-corrected chi connectivity index (χ0v) is 8.86. The number of rotatable bonds is 3. The van der Waals surface area contributed by atoms with Gasteiger partial charge in [-0.2, -0.15) is 0 Å². The second-order valence-corrected chi connectivity index (χ2v) is 3.29. The Kier molecular flexibility index (Phi) is 2.72. The first-order valence-corrected chi connectivity index (χ1v) is 4.96. The lowest BCUT2D eigenvalue weighted by atomic mass is 10.1. The van der Waals surface area contributed by atoms with Gasteiger partial charge in [0.1, 0.15) is 5.75 Å². The molecule has 2 rings (SSSR count). The van der Waals surface area contributed by atoms with Crippen LogP contribution < -0.4 is 4.74 Å². The molecule has 0 aliphatic carbocycles. The van der Waals surface area contributed by atoms with Crippen molar-refractivity contribution in [2.24, 2.45) is 0 Å². The molecule has 3 heteroatoms. The number of nitrogens with zero attached hydrogens (tertiary/aromatic N) is 1. The van der Waals surface area contributed by atoms with Crippen LogP contribution in [0.3, 0.4) is 0 Å². The van der Waals surface area contributed by atoms with Crippen LogP contribution in [0.2, 0.25) is 0 Å². The highest BCUT2D eigenvalue weighted by atomic mass is 16.5. The second kappa shape index (κ2) is 4.17. The lowest BCUT2D eigenvalue weighted by Crippen LogP contribution is -1.90. The Morgan fingerprint density at radius 2 is 2.00 bits per heavy atom. The van der Waals surface area contributed by atoms with E-state index in [0.717, 1.165) is 22.8 Å². The SMILES string of the molecule is CCOc1ccc(-c2cc(C)no2)cc1. The van der Waals surface area contributed by atoms with E-state index in [9.17, 15) is 0 Å². The monoisotopic (exact) mass is 203 g/mol. The fourth-order valence-corrected chi connectivity index (χ4v) is 1.38. The van der Waals surface area contributed by atoms with E-state index in [2.05, 4.69) is 5.16 Å². The van der Waals surface area contributed by atoms with Crippen LogP contribution in [0.25, 0.3) is 11.3 Å². The molecule has 1 heterocycles. The predicted molar refractivity (Wildman–Crippen MR) is 57.8 cm³/mol. The molecular formula is C12H13NO2. The molecule has 1 aromatic heterocycles. The van der Waals surface area contributed by atoms with Crippen LogP contribution in [-0.4, -0.2) is 11.8 Å². The zero-order chi connectivity index (χ0) is 10.7. The largest absolute Gasteiger partial charge is 0.494 e. The highest BCUT2D eigenvalue weighted by molar-refractivity contribution is 5.58. The maximum Gasteiger partial charge on any atom is 0.167 e. The molecule has 0 fully saturated rings. The van der Waals surface area contributed by atoms with Crippen molar-refractivity contribution in [1.82, 2.24) is 5.16 Å². The maximum atomic E-state index is 5.36. The summed E-state index contributed by atoms with van der Waals surface area (Å²) >= 11 is 0. The molecule has 2 aromatic rings. The Morgan fingerprint density at radius 1 is 1.27 bits per heavy atom. The summed E-state index contributed by atoms with van der Waals surface area (Å²) in [5, 5.41) is 3.85. The molecule has 1 aromatic carbocycles. The van der Waals surface area contributed by atoms with Crippen LogP contribution in [0.15, 0.2) is 34.9 Å². The Balaban J connectivity index is 2.23. The van der Waals surface area contributed by atoms with Crippen molar-refractivity contribution in [3.05, 3.63) is 36.0 Å². The van der Waals surface area contributed by atoms with E-state index in [0.29, 0.717) is 6.61 Å². The second-order valence-electron chi connectivity index (χ2n) is 3.29. The van der Waals surface area contributed by atoms with E-state index in [-0.39, 0.29) is 0 Å². The number of benzene rings is 1. The smallest absolute Gasteiger partial charge is 0.167 e. The van der Waals surface area contributed by atoms with E-state index >= 15 is 0 Å². The topological polar surface area (TPSA) is 35.3 Å². The fraction of sp³-hybridized carbons (Fsp3) is 0.250. The first kappa shape index (κ1) is 9.77. The van der Waals surface area contributed by atoms with Crippen molar-refractivity contribution in [3.63, 3.8) is 0 Å². The summed E-state index contributed by atoms with van der Waals surface area (Å²) in [6.07, 6.45) is 0. The van der Waals surface area contributed by atoms with Gasteiger partial charge in [-0.15, -0.1) is 0 Å². The Hall–Kier alpha value is -1.77. The molecule has 0 saturated heterocycles. The third-order valence-electron chi connectivity index (χ3n) is 2.08. The Morgan fingerprint density at radius 3 is 2.53 bits per heavy atom. The number of hydrogen-bond donors (Lipinski definition) is 0. The average Bonchev–Trinajstić information content (AvgIpc) is 2.67. The molecule has 0 spiro atoms. The lowest BCUT2D eigenvalue weighted by molar-refractivity contribution is 0.340. The third-order valence-corrected chi connectivity index (χ3v) is 2.08. The van der Waals surface area contributed by atoms with Gasteiger partial charge < -0.3 is 9.26 Å². The van der Waals surface area contributed by atoms with E-state index in [1.807, 2.05) is 44.2 Å². The minimum atomic E-state index is 0.681. The van der Waals surface area contributed by atoms with E-state index in [1.165, 1.54) is 0 Å². The van der Waals surface area contributed by atoms with Crippen LogP contribution in [-0.2, 0) is 0 Å². The molecule has 0 radical (unpaired) electrons. The third kappa shape index (κ3) is 2.18.